The van der Waals surface area contributed by atoms with Crippen molar-refractivity contribution in [3.05, 3.63) is 52.5 Å². The summed E-state index contributed by atoms with van der Waals surface area (Å²) in [4.78, 5) is 30.6. The second-order valence-corrected chi connectivity index (χ2v) is 6.35. The molecule has 2 aromatic rings. The number of rotatable bonds is 4. The number of nitrogens with one attached hydrogen (secondary N) is 1. The Balaban J connectivity index is 1.48. The van der Waals surface area contributed by atoms with Crippen molar-refractivity contribution >= 4 is 23.2 Å². The number of nitrogens with zero attached hydrogens (tertiary/aromatic N) is 2. The Kier molecular flexibility index (Phi) is 5.02. The predicted octanol–water partition coefficient (Wildman–Crippen LogP) is 2.31. The molecule has 0 spiro atoms. The summed E-state index contributed by atoms with van der Waals surface area (Å²) in [6.45, 7) is 1.73. The van der Waals surface area contributed by atoms with Crippen LogP contribution in [0.25, 0.3) is 0 Å². The van der Waals surface area contributed by atoms with Gasteiger partial charge in [0.15, 0.2) is 0 Å². The van der Waals surface area contributed by atoms with Gasteiger partial charge in [-0.25, -0.2) is 4.98 Å². The van der Waals surface area contributed by atoms with Crippen molar-refractivity contribution in [3.63, 3.8) is 0 Å². The Bertz CT molecular complexity index is 650. The normalized spacial score (nSPS) is 15.4. The minimum absolute atomic E-state index is 0.0199. The topological polar surface area (TPSA) is 62.3 Å². The smallest absolute Gasteiger partial charge is 0.253 e. The second kappa shape index (κ2) is 7.37. The van der Waals surface area contributed by atoms with Gasteiger partial charge in [0.1, 0.15) is 0 Å². The average Bonchev–Trinajstić information content (AvgIpc) is 3.13. The Morgan fingerprint density at radius 1 is 1.22 bits per heavy atom. The average molecular weight is 329 g/mol. The molecule has 2 heterocycles. The zero-order valence-corrected chi connectivity index (χ0v) is 13.6. The monoisotopic (exact) mass is 329 g/mol. The van der Waals surface area contributed by atoms with Crippen LogP contribution < -0.4 is 5.32 Å². The van der Waals surface area contributed by atoms with Crippen LogP contribution in [-0.2, 0) is 11.3 Å². The highest BCUT2D eigenvalue weighted by Crippen LogP contribution is 2.19. The fourth-order valence-electron chi connectivity index (χ4n) is 2.75. The molecule has 3 rings (SSSR count). The lowest BCUT2D eigenvalue weighted by Gasteiger charge is -2.31. The first kappa shape index (κ1) is 15.7. The van der Waals surface area contributed by atoms with Gasteiger partial charge in [0, 0.05) is 30.0 Å². The van der Waals surface area contributed by atoms with Gasteiger partial charge >= 0.3 is 0 Å². The molecule has 0 unspecified atom stereocenters. The number of piperidine rings is 1. The fraction of sp³-hybridized carbons (Fsp3) is 0.353. The molecule has 0 atom stereocenters. The number of amides is 2. The van der Waals surface area contributed by atoms with E-state index in [2.05, 4.69) is 10.3 Å². The van der Waals surface area contributed by atoms with Crippen LogP contribution >= 0.6 is 11.3 Å². The van der Waals surface area contributed by atoms with Crippen molar-refractivity contribution in [2.45, 2.75) is 19.4 Å². The van der Waals surface area contributed by atoms with Gasteiger partial charge in [-0.1, -0.05) is 18.2 Å². The fourth-order valence-corrected chi connectivity index (χ4v) is 3.31. The Hall–Kier alpha value is -2.21. The largest absolute Gasteiger partial charge is 0.350 e. The maximum atomic E-state index is 12.4. The molecule has 1 aliphatic rings. The van der Waals surface area contributed by atoms with Crippen molar-refractivity contribution in [1.29, 1.82) is 0 Å². The highest BCUT2D eigenvalue weighted by molar-refractivity contribution is 7.07. The van der Waals surface area contributed by atoms with E-state index >= 15 is 0 Å². The molecule has 120 valence electrons. The van der Waals surface area contributed by atoms with Crippen molar-refractivity contribution in [2.75, 3.05) is 13.1 Å². The molecule has 1 N–H and O–H groups in total. The van der Waals surface area contributed by atoms with E-state index in [1.54, 1.807) is 5.51 Å². The van der Waals surface area contributed by atoms with Gasteiger partial charge in [0.25, 0.3) is 5.91 Å². The molecule has 5 nitrogen and oxygen atoms in total. The number of carbonyl (C=O) groups excluding carboxylic acids is 2. The Labute approximate surface area is 139 Å². The van der Waals surface area contributed by atoms with Crippen LogP contribution in [0, 0.1) is 5.92 Å². The van der Waals surface area contributed by atoms with E-state index < -0.39 is 0 Å². The molecule has 0 saturated carbocycles. The molecule has 1 aromatic carbocycles. The highest BCUT2D eigenvalue weighted by Gasteiger charge is 2.27. The van der Waals surface area contributed by atoms with Gasteiger partial charge in [-0.3, -0.25) is 9.59 Å². The molecule has 0 bridgehead atoms. The molecule has 1 aliphatic heterocycles. The van der Waals surface area contributed by atoms with Crippen molar-refractivity contribution < 1.29 is 9.59 Å². The van der Waals surface area contributed by atoms with Crippen LogP contribution in [0.2, 0.25) is 0 Å². The SMILES string of the molecule is O=C(NCc1cscn1)C1CCN(C(=O)c2ccccc2)CC1. The summed E-state index contributed by atoms with van der Waals surface area (Å²) >= 11 is 1.52. The van der Waals surface area contributed by atoms with Crippen LogP contribution in [0.4, 0.5) is 0 Å². The van der Waals surface area contributed by atoms with Crippen molar-refractivity contribution in [1.82, 2.24) is 15.2 Å². The summed E-state index contributed by atoms with van der Waals surface area (Å²) in [6, 6.07) is 9.29. The van der Waals surface area contributed by atoms with Gasteiger partial charge in [-0.15, -0.1) is 11.3 Å². The number of hydrogen-bond donors (Lipinski definition) is 1. The number of hydrogen-bond acceptors (Lipinski definition) is 4. The van der Waals surface area contributed by atoms with Gasteiger partial charge < -0.3 is 10.2 Å². The third-order valence-electron chi connectivity index (χ3n) is 4.10. The van der Waals surface area contributed by atoms with E-state index in [1.807, 2.05) is 40.6 Å². The van der Waals surface area contributed by atoms with Gasteiger partial charge in [-0.2, -0.15) is 0 Å². The van der Waals surface area contributed by atoms with E-state index in [-0.39, 0.29) is 17.7 Å². The van der Waals surface area contributed by atoms with Crippen LogP contribution in [-0.4, -0.2) is 34.8 Å². The summed E-state index contributed by atoms with van der Waals surface area (Å²) in [5.41, 5.74) is 3.36. The number of aromatic nitrogens is 1. The summed E-state index contributed by atoms with van der Waals surface area (Å²) in [5.74, 6) is 0.0881. The lowest BCUT2D eigenvalue weighted by atomic mass is 9.95. The standard InChI is InChI=1S/C17H19N3O2S/c21-16(18-10-15-11-23-12-19-15)13-6-8-20(9-7-13)17(22)14-4-2-1-3-5-14/h1-5,11-13H,6-10H2,(H,18,21). The van der Waals surface area contributed by atoms with Gasteiger partial charge in [0.2, 0.25) is 5.91 Å². The molecule has 23 heavy (non-hydrogen) atoms. The van der Waals surface area contributed by atoms with Crippen molar-refractivity contribution in [2.24, 2.45) is 5.92 Å². The molecule has 0 radical (unpaired) electrons. The molecular formula is C17H19N3O2S. The minimum Gasteiger partial charge on any atom is -0.350 e. The number of likely N-dealkylation sites (tertiary alicyclic amines) is 1. The van der Waals surface area contributed by atoms with E-state index in [9.17, 15) is 9.59 Å². The molecule has 2 amide bonds. The van der Waals surface area contributed by atoms with Gasteiger partial charge in [-0.05, 0) is 25.0 Å². The molecule has 1 saturated heterocycles. The van der Waals surface area contributed by atoms with E-state index in [0.29, 0.717) is 38.0 Å². The van der Waals surface area contributed by atoms with E-state index in [1.165, 1.54) is 11.3 Å². The lowest BCUT2D eigenvalue weighted by Crippen LogP contribution is -2.42. The molecule has 6 heteroatoms. The molecule has 1 fully saturated rings. The maximum absolute atomic E-state index is 12.4. The molecular weight excluding hydrogens is 310 g/mol. The number of thiazole rings is 1. The molecule has 0 aliphatic carbocycles. The minimum atomic E-state index is -0.0199. The third kappa shape index (κ3) is 3.96. The van der Waals surface area contributed by atoms with E-state index in [4.69, 9.17) is 0 Å². The summed E-state index contributed by atoms with van der Waals surface area (Å²) in [5, 5.41) is 4.86. The van der Waals surface area contributed by atoms with Crippen LogP contribution in [0.15, 0.2) is 41.2 Å². The van der Waals surface area contributed by atoms with E-state index in [0.717, 1.165) is 5.69 Å². The zero-order valence-electron chi connectivity index (χ0n) is 12.8. The second-order valence-electron chi connectivity index (χ2n) is 5.63. The number of benzene rings is 1. The summed E-state index contributed by atoms with van der Waals surface area (Å²) in [7, 11) is 0. The van der Waals surface area contributed by atoms with Crippen LogP contribution in [0.3, 0.4) is 0 Å². The van der Waals surface area contributed by atoms with Crippen LogP contribution in [0.1, 0.15) is 28.9 Å². The summed E-state index contributed by atoms with van der Waals surface area (Å²) in [6.07, 6.45) is 1.42. The first-order chi connectivity index (χ1) is 11.2. The highest BCUT2D eigenvalue weighted by atomic mass is 32.1. The maximum Gasteiger partial charge on any atom is 0.253 e. The van der Waals surface area contributed by atoms with Gasteiger partial charge in [0.05, 0.1) is 17.7 Å². The third-order valence-corrected chi connectivity index (χ3v) is 4.74. The quantitative estimate of drug-likeness (QED) is 0.936. The first-order valence-corrected chi connectivity index (χ1v) is 8.67. The molecule has 1 aromatic heterocycles. The Morgan fingerprint density at radius 3 is 2.61 bits per heavy atom. The zero-order chi connectivity index (χ0) is 16.1. The number of carbonyl (C=O) groups is 2. The first-order valence-electron chi connectivity index (χ1n) is 7.73. The van der Waals surface area contributed by atoms with Crippen molar-refractivity contribution in [3.8, 4) is 0 Å². The van der Waals surface area contributed by atoms with Crippen LogP contribution in [0.5, 0.6) is 0 Å². The Morgan fingerprint density at radius 2 is 1.96 bits per heavy atom. The summed E-state index contributed by atoms with van der Waals surface area (Å²) < 4.78 is 0. The predicted molar refractivity (Wildman–Crippen MR) is 89.0 cm³/mol. The lowest BCUT2D eigenvalue weighted by molar-refractivity contribution is -0.126.